The van der Waals surface area contributed by atoms with E-state index in [1.54, 1.807) is 7.11 Å². The lowest BCUT2D eigenvalue weighted by molar-refractivity contribution is -0.121. The van der Waals surface area contributed by atoms with E-state index < -0.39 is 0 Å². The average molecular weight is 266 g/mol. The standard InChI is InChI=1S/C14H22N2O3/c1-11(15-2)12-6-4-5-7-13(12)16-14(17)10-19-9-8-18-3/h4-7,11,15H,8-10H2,1-3H3,(H,16,17). The van der Waals surface area contributed by atoms with Gasteiger partial charge in [0.2, 0.25) is 5.91 Å². The molecule has 1 aromatic rings. The first-order chi connectivity index (χ1) is 9.19. The summed E-state index contributed by atoms with van der Waals surface area (Å²) in [4.78, 5) is 11.7. The van der Waals surface area contributed by atoms with Gasteiger partial charge in [-0.1, -0.05) is 18.2 Å². The Hall–Kier alpha value is -1.43. The van der Waals surface area contributed by atoms with E-state index in [0.29, 0.717) is 13.2 Å². The Morgan fingerprint density at radius 3 is 2.74 bits per heavy atom. The van der Waals surface area contributed by atoms with Gasteiger partial charge in [-0.05, 0) is 25.6 Å². The Labute approximate surface area is 114 Å². The molecule has 0 aliphatic rings. The number of para-hydroxylation sites is 1. The monoisotopic (exact) mass is 266 g/mol. The minimum Gasteiger partial charge on any atom is -0.382 e. The van der Waals surface area contributed by atoms with E-state index in [-0.39, 0.29) is 18.6 Å². The molecule has 0 heterocycles. The Bertz CT molecular complexity index is 396. The maximum absolute atomic E-state index is 11.7. The van der Waals surface area contributed by atoms with E-state index in [1.165, 1.54) is 0 Å². The molecule has 0 aromatic heterocycles. The SMILES string of the molecule is CNC(C)c1ccccc1NC(=O)COCCOC. The highest BCUT2D eigenvalue weighted by molar-refractivity contribution is 5.92. The number of benzene rings is 1. The molecule has 0 aliphatic heterocycles. The van der Waals surface area contributed by atoms with Crippen LogP contribution in [0.15, 0.2) is 24.3 Å². The summed E-state index contributed by atoms with van der Waals surface area (Å²) in [6.45, 7) is 2.98. The summed E-state index contributed by atoms with van der Waals surface area (Å²) in [5.74, 6) is -0.160. The fourth-order valence-corrected chi connectivity index (χ4v) is 1.64. The Morgan fingerprint density at radius 2 is 2.05 bits per heavy atom. The highest BCUT2D eigenvalue weighted by Gasteiger charge is 2.10. The molecule has 1 unspecified atom stereocenters. The number of carbonyl (C=O) groups is 1. The number of methoxy groups -OCH3 is 1. The molecule has 2 N–H and O–H groups in total. The van der Waals surface area contributed by atoms with Crippen molar-refractivity contribution in [2.45, 2.75) is 13.0 Å². The molecular formula is C14H22N2O3. The van der Waals surface area contributed by atoms with E-state index in [1.807, 2.05) is 38.2 Å². The van der Waals surface area contributed by atoms with Crippen molar-refractivity contribution in [3.8, 4) is 0 Å². The van der Waals surface area contributed by atoms with Crippen LogP contribution in [-0.4, -0.2) is 39.9 Å². The van der Waals surface area contributed by atoms with Crippen LogP contribution in [0.5, 0.6) is 0 Å². The van der Waals surface area contributed by atoms with Crippen molar-refractivity contribution in [1.82, 2.24) is 5.32 Å². The lowest BCUT2D eigenvalue weighted by Crippen LogP contribution is -2.22. The Balaban J connectivity index is 2.54. The number of nitrogens with one attached hydrogen (secondary N) is 2. The lowest BCUT2D eigenvalue weighted by atomic mass is 10.1. The third-order valence-corrected chi connectivity index (χ3v) is 2.80. The van der Waals surface area contributed by atoms with Crippen molar-refractivity contribution in [3.05, 3.63) is 29.8 Å². The van der Waals surface area contributed by atoms with Crippen LogP contribution in [0.2, 0.25) is 0 Å². The highest BCUT2D eigenvalue weighted by Crippen LogP contribution is 2.21. The fraction of sp³-hybridized carbons (Fsp3) is 0.500. The minimum atomic E-state index is -0.160. The molecule has 0 radical (unpaired) electrons. The number of hydrogen-bond acceptors (Lipinski definition) is 4. The maximum atomic E-state index is 11.7. The van der Waals surface area contributed by atoms with Gasteiger partial charge in [0.1, 0.15) is 6.61 Å². The summed E-state index contributed by atoms with van der Waals surface area (Å²) < 4.78 is 10.0. The summed E-state index contributed by atoms with van der Waals surface area (Å²) in [7, 11) is 3.48. The predicted molar refractivity (Wildman–Crippen MR) is 75.2 cm³/mol. The summed E-state index contributed by atoms with van der Waals surface area (Å²) in [6.07, 6.45) is 0. The van der Waals surface area contributed by atoms with Gasteiger partial charge in [-0.25, -0.2) is 0 Å². The molecule has 0 saturated carbocycles. The van der Waals surface area contributed by atoms with Gasteiger partial charge in [-0.2, -0.15) is 0 Å². The van der Waals surface area contributed by atoms with Gasteiger partial charge in [0.15, 0.2) is 0 Å². The molecule has 5 nitrogen and oxygen atoms in total. The molecule has 1 rings (SSSR count). The quantitative estimate of drug-likeness (QED) is 0.701. The number of amides is 1. The number of rotatable bonds is 8. The first-order valence-electron chi connectivity index (χ1n) is 6.31. The Kier molecular flexibility index (Phi) is 7.10. The van der Waals surface area contributed by atoms with Crippen LogP contribution in [0, 0.1) is 0 Å². The summed E-state index contributed by atoms with van der Waals surface area (Å²) in [5.41, 5.74) is 1.86. The van der Waals surface area contributed by atoms with Crippen LogP contribution in [0.4, 0.5) is 5.69 Å². The largest absolute Gasteiger partial charge is 0.382 e. The molecule has 1 amide bonds. The molecule has 0 fully saturated rings. The van der Waals surface area contributed by atoms with Crippen molar-refractivity contribution in [1.29, 1.82) is 0 Å². The summed E-state index contributed by atoms with van der Waals surface area (Å²) >= 11 is 0. The van der Waals surface area contributed by atoms with Gasteiger partial charge in [0.05, 0.1) is 13.2 Å². The van der Waals surface area contributed by atoms with Crippen LogP contribution in [-0.2, 0) is 14.3 Å². The molecule has 5 heteroatoms. The number of hydrogen-bond donors (Lipinski definition) is 2. The number of carbonyl (C=O) groups excluding carboxylic acids is 1. The van der Waals surface area contributed by atoms with Crippen molar-refractivity contribution in [2.24, 2.45) is 0 Å². The van der Waals surface area contributed by atoms with Crippen molar-refractivity contribution < 1.29 is 14.3 Å². The van der Waals surface area contributed by atoms with Gasteiger partial charge in [0.25, 0.3) is 0 Å². The maximum Gasteiger partial charge on any atom is 0.250 e. The molecule has 1 atom stereocenters. The van der Waals surface area contributed by atoms with E-state index >= 15 is 0 Å². The van der Waals surface area contributed by atoms with Crippen LogP contribution in [0.25, 0.3) is 0 Å². The topological polar surface area (TPSA) is 59.6 Å². The van der Waals surface area contributed by atoms with Crippen LogP contribution >= 0.6 is 0 Å². The van der Waals surface area contributed by atoms with Gasteiger partial charge >= 0.3 is 0 Å². The third-order valence-electron chi connectivity index (χ3n) is 2.80. The third kappa shape index (κ3) is 5.38. The molecule has 0 aliphatic carbocycles. The van der Waals surface area contributed by atoms with E-state index in [2.05, 4.69) is 10.6 Å². The van der Waals surface area contributed by atoms with Crippen molar-refractivity contribution in [3.63, 3.8) is 0 Å². The zero-order valence-electron chi connectivity index (χ0n) is 11.7. The van der Waals surface area contributed by atoms with Gasteiger partial charge in [0, 0.05) is 18.8 Å². The lowest BCUT2D eigenvalue weighted by Gasteiger charge is -2.16. The Morgan fingerprint density at radius 1 is 1.32 bits per heavy atom. The second kappa shape index (κ2) is 8.63. The minimum absolute atomic E-state index is 0.0334. The second-order valence-corrected chi connectivity index (χ2v) is 4.19. The normalized spacial score (nSPS) is 12.2. The van der Waals surface area contributed by atoms with E-state index in [9.17, 15) is 4.79 Å². The zero-order valence-corrected chi connectivity index (χ0v) is 11.7. The number of ether oxygens (including phenoxy) is 2. The first kappa shape index (κ1) is 15.6. The summed E-state index contributed by atoms with van der Waals surface area (Å²) in [6, 6.07) is 7.89. The van der Waals surface area contributed by atoms with Crippen molar-refractivity contribution in [2.75, 3.05) is 39.3 Å². The second-order valence-electron chi connectivity index (χ2n) is 4.19. The molecule has 1 aromatic carbocycles. The molecule has 19 heavy (non-hydrogen) atoms. The van der Waals surface area contributed by atoms with E-state index in [4.69, 9.17) is 9.47 Å². The molecule has 0 bridgehead atoms. The van der Waals surface area contributed by atoms with Gasteiger partial charge in [-0.3, -0.25) is 4.79 Å². The van der Waals surface area contributed by atoms with E-state index in [0.717, 1.165) is 11.3 Å². The average Bonchev–Trinajstić information content (AvgIpc) is 2.43. The smallest absolute Gasteiger partial charge is 0.250 e. The first-order valence-corrected chi connectivity index (χ1v) is 6.31. The van der Waals surface area contributed by atoms with Gasteiger partial charge < -0.3 is 20.1 Å². The molecule has 0 saturated heterocycles. The number of anilines is 1. The van der Waals surface area contributed by atoms with Crippen LogP contribution in [0.1, 0.15) is 18.5 Å². The highest BCUT2D eigenvalue weighted by atomic mass is 16.5. The fourth-order valence-electron chi connectivity index (χ4n) is 1.64. The zero-order chi connectivity index (χ0) is 14.1. The van der Waals surface area contributed by atoms with Crippen LogP contribution in [0.3, 0.4) is 0 Å². The molecule has 0 spiro atoms. The molecular weight excluding hydrogens is 244 g/mol. The van der Waals surface area contributed by atoms with Gasteiger partial charge in [-0.15, -0.1) is 0 Å². The summed E-state index contributed by atoms with van der Waals surface area (Å²) in [5, 5.41) is 6.01. The van der Waals surface area contributed by atoms with Crippen molar-refractivity contribution >= 4 is 11.6 Å². The van der Waals surface area contributed by atoms with Crippen LogP contribution < -0.4 is 10.6 Å². The predicted octanol–water partition coefficient (Wildman–Crippen LogP) is 1.57. The molecule has 106 valence electrons.